The van der Waals surface area contributed by atoms with Crippen molar-refractivity contribution in [1.82, 2.24) is 4.72 Å². The third-order valence-electron chi connectivity index (χ3n) is 4.76. The molecule has 32 heavy (non-hydrogen) atoms. The minimum absolute atomic E-state index is 0.0136. The Bertz CT molecular complexity index is 1090. The fourth-order valence-electron chi connectivity index (χ4n) is 2.97. The normalized spacial score (nSPS) is 17.0. The minimum Gasteiger partial charge on any atom is -0.449 e. The zero-order chi connectivity index (χ0) is 23.3. The van der Waals surface area contributed by atoms with Crippen molar-refractivity contribution < 1.29 is 36.3 Å². The molecule has 1 aliphatic rings. The molecule has 0 aromatic heterocycles. The van der Waals surface area contributed by atoms with E-state index in [1.54, 1.807) is 0 Å². The van der Waals surface area contributed by atoms with Gasteiger partial charge in [-0.1, -0.05) is 0 Å². The maximum Gasteiger partial charge on any atom is 0.338 e. The number of carbonyl (C=O) groups excluding carboxylic acids is 2. The first-order valence-corrected chi connectivity index (χ1v) is 11.3. The van der Waals surface area contributed by atoms with Crippen LogP contribution in [0, 0.1) is 11.6 Å². The molecule has 0 saturated carbocycles. The first kappa shape index (κ1) is 23.8. The highest BCUT2D eigenvalue weighted by Crippen LogP contribution is 2.17. The molecule has 172 valence electrons. The van der Waals surface area contributed by atoms with Crippen LogP contribution in [0.3, 0.4) is 0 Å². The average Bonchev–Trinajstić information content (AvgIpc) is 3.29. The van der Waals surface area contributed by atoms with Gasteiger partial charge in [-0.3, -0.25) is 4.79 Å². The predicted molar refractivity (Wildman–Crippen MR) is 110 cm³/mol. The van der Waals surface area contributed by atoms with Gasteiger partial charge in [0.15, 0.2) is 6.10 Å². The van der Waals surface area contributed by atoms with Gasteiger partial charge in [-0.05, 0) is 56.2 Å². The number of sulfonamides is 1. The summed E-state index contributed by atoms with van der Waals surface area (Å²) in [6, 6.07) is 7.53. The van der Waals surface area contributed by atoms with Crippen molar-refractivity contribution >= 4 is 27.6 Å². The van der Waals surface area contributed by atoms with Crippen molar-refractivity contribution in [3.05, 3.63) is 59.7 Å². The zero-order valence-electron chi connectivity index (χ0n) is 17.1. The van der Waals surface area contributed by atoms with Crippen LogP contribution in [-0.4, -0.2) is 45.7 Å². The molecule has 3 rings (SSSR count). The molecule has 0 spiro atoms. The Balaban J connectivity index is 1.57. The minimum atomic E-state index is -3.78. The van der Waals surface area contributed by atoms with Crippen LogP contribution in [0.4, 0.5) is 14.5 Å². The van der Waals surface area contributed by atoms with E-state index in [1.165, 1.54) is 31.2 Å². The lowest BCUT2D eigenvalue weighted by atomic mass is 10.2. The van der Waals surface area contributed by atoms with E-state index in [9.17, 15) is 26.8 Å². The van der Waals surface area contributed by atoms with E-state index in [0.29, 0.717) is 6.61 Å². The molecule has 2 N–H and O–H groups in total. The Morgan fingerprint density at radius 2 is 1.91 bits per heavy atom. The van der Waals surface area contributed by atoms with Gasteiger partial charge in [-0.2, -0.15) is 0 Å². The topological polar surface area (TPSA) is 111 Å². The van der Waals surface area contributed by atoms with Gasteiger partial charge in [0, 0.05) is 19.2 Å². The van der Waals surface area contributed by atoms with Crippen molar-refractivity contribution in [3.63, 3.8) is 0 Å². The van der Waals surface area contributed by atoms with Crippen LogP contribution in [0.15, 0.2) is 47.4 Å². The van der Waals surface area contributed by atoms with Crippen molar-refractivity contribution in [2.45, 2.75) is 36.9 Å². The number of hydrogen-bond donors (Lipinski definition) is 2. The summed E-state index contributed by atoms with van der Waals surface area (Å²) < 4.78 is 64.5. The van der Waals surface area contributed by atoms with E-state index in [2.05, 4.69) is 10.0 Å². The number of carbonyl (C=O) groups is 2. The van der Waals surface area contributed by atoms with Crippen LogP contribution in [0.25, 0.3) is 0 Å². The molecule has 8 nitrogen and oxygen atoms in total. The second kappa shape index (κ2) is 10.2. The van der Waals surface area contributed by atoms with Crippen LogP contribution >= 0.6 is 0 Å². The fraction of sp³-hybridized carbons (Fsp3) is 0.333. The number of esters is 1. The third-order valence-corrected chi connectivity index (χ3v) is 6.20. The first-order valence-electron chi connectivity index (χ1n) is 9.84. The Kier molecular flexibility index (Phi) is 7.54. The van der Waals surface area contributed by atoms with Crippen LogP contribution in [0.1, 0.15) is 30.1 Å². The number of hydrogen-bond acceptors (Lipinski definition) is 6. The van der Waals surface area contributed by atoms with E-state index in [4.69, 9.17) is 9.47 Å². The Hall–Kier alpha value is -2.89. The van der Waals surface area contributed by atoms with E-state index in [1.807, 2.05) is 0 Å². The van der Waals surface area contributed by atoms with Crippen LogP contribution < -0.4 is 10.0 Å². The largest absolute Gasteiger partial charge is 0.449 e. The average molecular weight is 468 g/mol. The molecular weight excluding hydrogens is 446 g/mol. The highest BCUT2D eigenvalue weighted by molar-refractivity contribution is 7.89. The fourth-order valence-corrected chi connectivity index (χ4v) is 4.04. The molecule has 0 unspecified atom stereocenters. The molecule has 2 aromatic rings. The Morgan fingerprint density at radius 1 is 1.19 bits per heavy atom. The maximum atomic E-state index is 13.6. The van der Waals surface area contributed by atoms with Crippen LogP contribution in [0.2, 0.25) is 0 Å². The summed E-state index contributed by atoms with van der Waals surface area (Å²) >= 11 is 0. The number of rotatable bonds is 8. The number of amides is 1. The summed E-state index contributed by atoms with van der Waals surface area (Å²) in [6.45, 7) is 2.03. The highest BCUT2D eigenvalue weighted by atomic mass is 32.2. The predicted octanol–water partition coefficient (Wildman–Crippen LogP) is 2.61. The molecule has 1 saturated heterocycles. The lowest BCUT2D eigenvalue weighted by Crippen LogP contribution is -2.32. The summed E-state index contributed by atoms with van der Waals surface area (Å²) in [4.78, 5) is 24.4. The summed E-state index contributed by atoms with van der Waals surface area (Å²) in [5.41, 5.74) is -0.373. The van der Waals surface area contributed by atoms with E-state index in [0.717, 1.165) is 31.0 Å². The van der Waals surface area contributed by atoms with Crippen molar-refractivity contribution in [3.8, 4) is 0 Å². The van der Waals surface area contributed by atoms with Gasteiger partial charge < -0.3 is 14.8 Å². The Morgan fingerprint density at radius 3 is 2.56 bits per heavy atom. The third kappa shape index (κ3) is 6.09. The van der Waals surface area contributed by atoms with Gasteiger partial charge in [0.1, 0.15) is 11.6 Å². The summed E-state index contributed by atoms with van der Waals surface area (Å²) in [5.74, 6) is -3.33. The molecule has 1 aliphatic heterocycles. The van der Waals surface area contributed by atoms with Gasteiger partial charge in [0.25, 0.3) is 5.91 Å². The smallest absolute Gasteiger partial charge is 0.338 e. The quantitative estimate of drug-likeness (QED) is 0.577. The van der Waals surface area contributed by atoms with Gasteiger partial charge in [0.05, 0.1) is 22.3 Å². The van der Waals surface area contributed by atoms with Gasteiger partial charge in [0.2, 0.25) is 10.0 Å². The lowest BCUT2D eigenvalue weighted by molar-refractivity contribution is -0.123. The Labute approximate surface area is 184 Å². The zero-order valence-corrected chi connectivity index (χ0v) is 18.0. The van der Waals surface area contributed by atoms with E-state index >= 15 is 0 Å². The number of nitrogens with one attached hydrogen (secondary N) is 2. The van der Waals surface area contributed by atoms with E-state index < -0.39 is 39.6 Å². The second-order valence-corrected chi connectivity index (χ2v) is 8.94. The number of halogens is 2. The molecule has 11 heteroatoms. The molecule has 1 heterocycles. The number of benzene rings is 2. The molecular formula is C21H22F2N2O6S. The molecule has 1 fully saturated rings. The van der Waals surface area contributed by atoms with E-state index in [-0.39, 0.29) is 28.8 Å². The van der Waals surface area contributed by atoms with Gasteiger partial charge in [-0.15, -0.1) is 0 Å². The second-order valence-electron chi connectivity index (χ2n) is 7.17. The van der Waals surface area contributed by atoms with Gasteiger partial charge >= 0.3 is 5.97 Å². The lowest BCUT2D eigenvalue weighted by Gasteiger charge is -2.14. The molecule has 0 radical (unpaired) electrons. The number of ether oxygens (including phenoxy) is 2. The maximum absolute atomic E-state index is 13.6. The highest BCUT2D eigenvalue weighted by Gasteiger charge is 2.23. The summed E-state index contributed by atoms with van der Waals surface area (Å²) in [7, 11) is -3.78. The molecule has 2 aromatic carbocycles. The monoisotopic (exact) mass is 468 g/mol. The number of anilines is 1. The summed E-state index contributed by atoms with van der Waals surface area (Å²) in [6.07, 6.45) is 0.191. The van der Waals surface area contributed by atoms with Crippen molar-refractivity contribution in [1.29, 1.82) is 0 Å². The van der Waals surface area contributed by atoms with Crippen molar-refractivity contribution in [2.75, 3.05) is 18.5 Å². The van der Waals surface area contributed by atoms with Crippen LogP contribution in [0.5, 0.6) is 0 Å². The van der Waals surface area contributed by atoms with Crippen molar-refractivity contribution in [2.24, 2.45) is 0 Å². The standard InChI is InChI=1S/C21H22F2N2O6S/c1-13(20(26)25-19-11-15(22)6-9-18(19)23)31-21(27)14-4-7-17(8-5-14)32(28,29)24-12-16-3-2-10-30-16/h4-9,11,13,16,24H,2-3,10,12H2,1H3,(H,25,26)/t13-,16-/m1/s1. The molecule has 0 aliphatic carbocycles. The molecule has 0 bridgehead atoms. The molecule has 2 atom stereocenters. The summed E-state index contributed by atoms with van der Waals surface area (Å²) in [5, 5.41) is 2.14. The van der Waals surface area contributed by atoms with Crippen LogP contribution in [-0.2, 0) is 24.3 Å². The van der Waals surface area contributed by atoms with Gasteiger partial charge in [-0.25, -0.2) is 26.7 Å². The molecule has 1 amide bonds. The first-order chi connectivity index (χ1) is 15.2. The SMILES string of the molecule is C[C@@H](OC(=O)c1ccc(S(=O)(=O)NC[C@H]2CCCO2)cc1)C(=O)Nc1cc(F)ccc1F.